The molecule has 1 aliphatic carbocycles. The molecule has 5 rings (SSSR count). The molecule has 1 aromatic carbocycles. The van der Waals surface area contributed by atoms with Crippen molar-refractivity contribution in [2.24, 2.45) is 5.73 Å². The number of benzene rings is 1. The van der Waals surface area contributed by atoms with Crippen molar-refractivity contribution in [3.63, 3.8) is 0 Å². The zero-order chi connectivity index (χ0) is 21.4. The molecule has 3 heterocycles. The second-order valence-electron chi connectivity index (χ2n) is 8.36. The van der Waals surface area contributed by atoms with Crippen LogP contribution in [0.5, 0.6) is 11.5 Å². The summed E-state index contributed by atoms with van der Waals surface area (Å²) in [4.78, 5) is 28.4. The number of carbonyl (C=O) groups is 2. The molecule has 2 amide bonds. The molecule has 0 spiro atoms. The molecule has 2 aliphatic heterocycles. The lowest BCUT2D eigenvalue weighted by atomic mass is 9.95. The maximum Gasteiger partial charge on any atom is 0.251 e. The van der Waals surface area contributed by atoms with Crippen LogP contribution in [0.2, 0.25) is 0 Å². The minimum atomic E-state index is -0.454. The van der Waals surface area contributed by atoms with E-state index < -0.39 is 5.91 Å². The summed E-state index contributed by atoms with van der Waals surface area (Å²) < 4.78 is 11.4. The largest absolute Gasteiger partial charge is 0.486 e. The van der Waals surface area contributed by atoms with E-state index in [2.05, 4.69) is 16.3 Å². The normalized spacial score (nSPS) is 20.3. The van der Waals surface area contributed by atoms with Crippen molar-refractivity contribution in [1.29, 1.82) is 0 Å². The van der Waals surface area contributed by atoms with E-state index >= 15 is 0 Å². The molecule has 0 radical (unpaired) electrons. The minimum absolute atomic E-state index is 0.106. The van der Waals surface area contributed by atoms with Gasteiger partial charge in [0.15, 0.2) is 11.5 Å². The number of hydrogen-bond acceptors (Lipinski definition) is 6. The van der Waals surface area contributed by atoms with Crippen molar-refractivity contribution < 1.29 is 19.1 Å². The highest BCUT2D eigenvalue weighted by atomic mass is 32.1. The number of thiophene rings is 1. The van der Waals surface area contributed by atoms with Gasteiger partial charge in [0.2, 0.25) is 5.91 Å². The molecule has 8 heteroatoms. The fraction of sp³-hybridized carbons (Fsp3) is 0.478. The van der Waals surface area contributed by atoms with E-state index in [0.29, 0.717) is 23.8 Å². The summed E-state index contributed by atoms with van der Waals surface area (Å²) >= 11 is 1.51. The van der Waals surface area contributed by atoms with Gasteiger partial charge in [-0.25, -0.2) is 0 Å². The third-order valence-corrected chi connectivity index (χ3v) is 7.54. The molecule has 3 N–H and O–H groups in total. The average molecular weight is 442 g/mol. The van der Waals surface area contributed by atoms with Gasteiger partial charge in [-0.3, -0.25) is 14.5 Å². The SMILES string of the molecule is NC(=O)c1c(NC(=O)CN2CCC[C@@H]2c2ccc3c(c2)OCCO3)sc2c1CCCC2. The number of fused-ring (bicyclic) bond motifs is 2. The van der Waals surface area contributed by atoms with Gasteiger partial charge in [0.1, 0.15) is 18.2 Å². The number of nitrogens with zero attached hydrogens (tertiary/aromatic N) is 1. The monoisotopic (exact) mass is 441 g/mol. The molecular formula is C23H27N3O4S. The number of rotatable bonds is 5. The number of primary amides is 1. The van der Waals surface area contributed by atoms with Gasteiger partial charge in [0, 0.05) is 10.9 Å². The highest BCUT2D eigenvalue weighted by molar-refractivity contribution is 7.17. The first kappa shape index (κ1) is 20.3. The zero-order valence-corrected chi connectivity index (χ0v) is 18.3. The highest BCUT2D eigenvalue weighted by Gasteiger charge is 2.30. The lowest BCUT2D eigenvalue weighted by Gasteiger charge is -2.26. The number of likely N-dealkylation sites (tertiary alicyclic amines) is 1. The van der Waals surface area contributed by atoms with Crippen molar-refractivity contribution in [2.75, 3.05) is 31.6 Å². The van der Waals surface area contributed by atoms with Crippen LogP contribution in [0.25, 0.3) is 0 Å². The molecule has 1 aromatic heterocycles. The summed E-state index contributed by atoms with van der Waals surface area (Å²) in [5.74, 6) is 0.990. The Hall–Kier alpha value is -2.58. The smallest absolute Gasteiger partial charge is 0.251 e. The van der Waals surface area contributed by atoms with Gasteiger partial charge in [0.25, 0.3) is 5.91 Å². The van der Waals surface area contributed by atoms with E-state index in [4.69, 9.17) is 15.2 Å². The van der Waals surface area contributed by atoms with E-state index in [1.807, 2.05) is 12.1 Å². The predicted octanol–water partition coefficient (Wildman–Crippen LogP) is 3.27. The highest BCUT2D eigenvalue weighted by Crippen LogP contribution is 2.39. The van der Waals surface area contributed by atoms with Gasteiger partial charge in [-0.1, -0.05) is 6.07 Å². The molecule has 1 saturated heterocycles. The van der Waals surface area contributed by atoms with E-state index in [9.17, 15) is 9.59 Å². The van der Waals surface area contributed by atoms with Crippen LogP contribution in [0.15, 0.2) is 18.2 Å². The predicted molar refractivity (Wildman–Crippen MR) is 119 cm³/mol. The first-order valence-corrected chi connectivity index (χ1v) is 11.8. The van der Waals surface area contributed by atoms with E-state index in [-0.39, 0.29) is 18.5 Å². The molecule has 0 saturated carbocycles. The summed E-state index contributed by atoms with van der Waals surface area (Å²) in [7, 11) is 0. The number of ether oxygens (including phenoxy) is 2. The van der Waals surface area contributed by atoms with Gasteiger partial charge >= 0.3 is 0 Å². The van der Waals surface area contributed by atoms with Gasteiger partial charge in [-0.05, 0) is 68.3 Å². The second-order valence-corrected chi connectivity index (χ2v) is 9.46. The molecule has 1 fully saturated rings. The zero-order valence-electron chi connectivity index (χ0n) is 17.4. The van der Waals surface area contributed by atoms with Gasteiger partial charge < -0.3 is 20.5 Å². The Balaban J connectivity index is 1.30. The lowest BCUT2D eigenvalue weighted by molar-refractivity contribution is -0.117. The van der Waals surface area contributed by atoms with Gasteiger partial charge in [-0.15, -0.1) is 11.3 Å². The minimum Gasteiger partial charge on any atom is -0.486 e. The van der Waals surface area contributed by atoms with Crippen LogP contribution in [0, 0.1) is 0 Å². The van der Waals surface area contributed by atoms with Crippen molar-refractivity contribution in [3.8, 4) is 11.5 Å². The lowest BCUT2D eigenvalue weighted by Crippen LogP contribution is -2.33. The van der Waals surface area contributed by atoms with Crippen molar-refractivity contribution >= 4 is 28.2 Å². The molecule has 164 valence electrons. The van der Waals surface area contributed by atoms with Crippen LogP contribution in [0.4, 0.5) is 5.00 Å². The number of carbonyl (C=O) groups excluding carboxylic acids is 2. The fourth-order valence-corrected chi connectivity index (χ4v) is 6.24. The Kier molecular flexibility index (Phi) is 5.58. The molecule has 31 heavy (non-hydrogen) atoms. The third kappa shape index (κ3) is 4.02. The van der Waals surface area contributed by atoms with Crippen LogP contribution < -0.4 is 20.5 Å². The number of amides is 2. The molecule has 2 aromatic rings. The van der Waals surface area contributed by atoms with Gasteiger partial charge in [-0.2, -0.15) is 0 Å². The summed E-state index contributed by atoms with van der Waals surface area (Å²) in [6.07, 6.45) is 6.01. The van der Waals surface area contributed by atoms with E-state index in [0.717, 1.165) is 67.7 Å². The number of anilines is 1. The van der Waals surface area contributed by atoms with E-state index in [1.54, 1.807) is 0 Å². The van der Waals surface area contributed by atoms with Crippen LogP contribution in [0.3, 0.4) is 0 Å². The van der Waals surface area contributed by atoms with Gasteiger partial charge in [0.05, 0.1) is 12.1 Å². The fourth-order valence-electron chi connectivity index (χ4n) is 4.93. The van der Waals surface area contributed by atoms with Crippen molar-refractivity contribution in [3.05, 3.63) is 39.8 Å². The molecular weight excluding hydrogens is 414 g/mol. The maximum absolute atomic E-state index is 12.9. The maximum atomic E-state index is 12.9. The Morgan fingerprint density at radius 3 is 2.77 bits per heavy atom. The Morgan fingerprint density at radius 2 is 1.94 bits per heavy atom. The average Bonchev–Trinajstić information content (AvgIpc) is 3.37. The second kappa shape index (κ2) is 8.51. The van der Waals surface area contributed by atoms with Crippen LogP contribution in [0.1, 0.15) is 58.1 Å². The standard InChI is InChI=1S/C23H27N3O4S/c24-22(28)21-15-4-1-2-6-19(15)31-23(21)25-20(27)13-26-9-3-5-16(26)14-7-8-17-18(12-14)30-11-10-29-17/h7-8,12,16H,1-6,9-11,13H2,(H2,24,28)(H,25,27)/t16-/m1/s1. The quantitative estimate of drug-likeness (QED) is 0.743. The Morgan fingerprint density at radius 1 is 1.13 bits per heavy atom. The first-order chi connectivity index (χ1) is 15.1. The van der Waals surface area contributed by atoms with Crippen LogP contribution in [-0.4, -0.2) is 43.0 Å². The Labute approximate surface area is 185 Å². The summed E-state index contributed by atoms with van der Waals surface area (Å²) in [6.45, 7) is 2.26. The summed E-state index contributed by atoms with van der Waals surface area (Å²) in [5.41, 5.74) is 8.35. The first-order valence-electron chi connectivity index (χ1n) is 11.0. The summed E-state index contributed by atoms with van der Waals surface area (Å²) in [6, 6.07) is 6.21. The van der Waals surface area contributed by atoms with Crippen LogP contribution >= 0.6 is 11.3 Å². The van der Waals surface area contributed by atoms with Crippen molar-refractivity contribution in [2.45, 2.75) is 44.6 Å². The molecule has 0 unspecified atom stereocenters. The number of aryl methyl sites for hydroxylation is 1. The molecule has 1 atom stereocenters. The topological polar surface area (TPSA) is 93.9 Å². The molecule has 7 nitrogen and oxygen atoms in total. The van der Waals surface area contributed by atoms with E-state index in [1.165, 1.54) is 16.2 Å². The summed E-state index contributed by atoms with van der Waals surface area (Å²) in [5, 5.41) is 3.60. The molecule has 3 aliphatic rings. The molecule has 0 bridgehead atoms. The van der Waals surface area contributed by atoms with Crippen molar-refractivity contribution in [1.82, 2.24) is 4.90 Å². The third-order valence-electron chi connectivity index (χ3n) is 6.33. The number of nitrogens with two attached hydrogens (primary N) is 1. The van der Waals surface area contributed by atoms with Crippen LogP contribution in [-0.2, 0) is 17.6 Å². The Bertz CT molecular complexity index is 1020. The number of nitrogens with one attached hydrogen (secondary N) is 1. The number of hydrogen-bond donors (Lipinski definition) is 2.